The van der Waals surface area contributed by atoms with Crippen LogP contribution < -0.4 is 35.8 Å². The fourth-order valence-electron chi connectivity index (χ4n) is 11.1. The Morgan fingerprint density at radius 2 is 1.62 bits per heavy atom. The van der Waals surface area contributed by atoms with E-state index in [0.717, 1.165) is 85.4 Å². The van der Waals surface area contributed by atoms with E-state index in [9.17, 15) is 18.9 Å². The third-order valence-electron chi connectivity index (χ3n) is 15.0. The molecule has 4 aliphatic heterocycles. The standard InChI is InChI=1S/C53H64BrF2N10O5P/c1-8-31-24-43(60-52-57-28-38(54)49(62-52)59-42-14-13-41-35(48(42)72(6,7)70)11-10-32(9-2)58-41)45(71-5)27-44(31)64-18-16-33(17-19-64)63-20-22-65(23-21-63)51(69)37-29-66(30-53(37,3)4)34-25-39(55)47(40(56)26-34)36-12-15-46(67)61-50(36)68/h10-11,13-14,24-28,33,36-37H,8-9,12,15-23,29-30H2,1-7H3,(H,61,67,68)(H2,57,59,60,62). The summed E-state index contributed by atoms with van der Waals surface area (Å²) in [6.45, 7) is 17.1. The molecular formula is C53H64BrF2N10O5P. The van der Waals surface area contributed by atoms with E-state index in [2.05, 4.69) is 72.6 Å². The Balaban J connectivity index is 0.812. The number of aromatic nitrogens is 3. The number of amides is 3. The van der Waals surface area contributed by atoms with Crippen LogP contribution in [0.15, 0.2) is 59.2 Å². The second kappa shape index (κ2) is 20.7. The number of nitrogens with zero attached hydrogens (tertiary/aromatic N) is 7. The van der Waals surface area contributed by atoms with Crippen LogP contribution in [0.25, 0.3) is 10.9 Å². The molecule has 6 heterocycles. The number of hydrogen-bond acceptors (Lipinski definition) is 13. The maximum absolute atomic E-state index is 15.5. The maximum Gasteiger partial charge on any atom is 0.234 e. The second-order valence-corrected chi connectivity index (χ2v) is 24.5. The lowest BCUT2D eigenvalue weighted by molar-refractivity contribution is -0.140. The van der Waals surface area contributed by atoms with Crippen LogP contribution in [0.5, 0.6) is 5.75 Å². The van der Waals surface area contributed by atoms with Crippen LogP contribution in [0.1, 0.15) is 76.1 Å². The third-order valence-corrected chi connectivity index (χ3v) is 17.2. The van der Waals surface area contributed by atoms with Gasteiger partial charge in [0.25, 0.3) is 0 Å². The van der Waals surface area contributed by atoms with Crippen molar-refractivity contribution in [2.45, 2.75) is 78.2 Å². The number of nitrogens with one attached hydrogen (secondary N) is 3. The lowest BCUT2D eigenvalue weighted by Gasteiger charge is -2.44. The summed E-state index contributed by atoms with van der Waals surface area (Å²) in [5, 5.41) is 10.6. The van der Waals surface area contributed by atoms with Crippen molar-refractivity contribution in [2.75, 3.05) is 93.2 Å². The second-order valence-electron chi connectivity index (χ2n) is 20.5. The van der Waals surface area contributed by atoms with Gasteiger partial charge in [-0.1, -0.05) is 33.8 Å². The van der Waals surface area contributed by atoms with Gasteiger partial charge in [-0.25, -0.2) is 13.8 Å². The first-order valence-electron chi connectivity index (χ1n) is 25.0. The predicted molar refractivity (Wildman–Crippen MR) is 283 cm³/mol. The fraction of sp³-hybridized carbons (Fsp3) is 0.472. The van der Waals surface area contributed by atoms with E-state index < -0.39 is 41.9 Å². The van der Waals surface area contributed by atoms with E-state index in [0.29, 0.717) is 70.9 Å². The molecule has 2 aromatic heterocycles. The monoisotopic (exact) mass is 1070 g/mol. The highest BCUT2D eigenvalue weighted by Gasteiger charge is 2.46. The molecule has 0 aliphatic carbocycles. The quantitative estimate of drug-likeness (QED) is 0.0758. The van der Waals surface area contributed by atoms with Gasteiger partial charge in [0, 0.05) is 110 Å². The van der Waals surface area contributed by atoms with Crippen molar-refractivity contribution in [3.8, 4) is 5.75 Å². The average molecular weight is 1070 g/mol. The molecule has 0 radical (unpaired) electrons. The van der Waals surface area contributed by atoms with Gasteiger partial charge >= 0.3 is 0 Å². The van der Waals surface area contributed by atoms with Crippen molar-refractivity contribution in [2.24, 2.45) is 11.3 Å². The van der Waals surface area contributed by atoms with E-state index in [1.54, 1.807) is 26.6 Å². The van der Waals surface area contributed by atoms with Crippen molar-refractivity contribution in [1.82, 2.24) is 30.1 Å². The zero-order valence-corrected chi connectivity index (χ0v) is 44.6. The number of anilines is 6. The number of benzene rings is 3. The molecule has 72 heavy (non-hydrogen) atoms. The highest BCUT2D eigenvalue weighted by Crippen LogP contribution is 2.44. The Hall–Kier alpha value is -5.71. The number of ether oxygens (including phenoxy) is 1. The Morgan fingerprint density at radius 1 is 0.903 bits per heavy atom. The van der Waals surface area contributed by atoms with Crippen molar-refractivity contribution in [3.63, 3.8) is 0 Å². The largest absolute Gasteiger partial charge is 0.494 e. The van der Waals surface area contributed by atoms with Crippen LogP contribution >= 0.6 is 23.1 Å². The minimum Gasteiger partial charge on any atom is -0.494 e. The number of methoxy groups -OCH3 is 1. The van der Waals surface area contributed by atoms with Crippen LogP contribution in [-0.2, 0) is 31.8 Å². The van der Waals surface area contributed by atoms with Gasteiger partial charge in [0.05, 0.1) is 40.3 Å². The van der Waals surface area contributed by atoms with Gasteiger partial charge in [0.1, 0.15) is 30.3 Å². The van der Waals surface area contributed by atoms with Gasteiger partial charge in [0.15, 0.2) is 0 Å². The first kappa shape index (κ1) is 51.2. The molecule has 5 aromatic rings. The van der Waals surface area contributed by atoms with E-state index in [1.807, 2.05) is 47.9 Å². The van der Waals surface area contributed by atoms with Crippen molar-refractivity contribution in [1.29, 1.82) is 0 Å². The van der Waals surface area contributed by atoms with Gasteiger partial charge in [0.2, 0.25) is 23.7 Å². The van der Waals surface area contributed by atoms with E-state index in [1.165, 1.54) is 12.1 Å². The van der Waals surface area contributed by atoms with E-state index >= 15 is 8.78 Å². The molecule has 3 amide bonds. The highest BCUT2D eigenvalue weighted by atomic mass is 79.9. The molecule has 9 rings (SSSR count). The zero-order valence-electron chi connectivity index (χ0n) is 42.1. The molecule has 382 valence electrons. The lowest BCUT2D eigenvalue weighted by atomic mass is 9.81. The number of hydrogen-bond donors (Lipinski definition) is 3. The summed E-state index contributed by atoms with van der Waals surface area (Å²) in [5.74, 6) is -2.63. The van der Waals surface area contributed by atoms with Crippen LogP contribution in [0.4, 0.5) is 43.3 Å². The van der Waals surface area contributed by atoms with Crippen LogP contribution in [0, 0.1) is 23.0 Å². The zero-order chi connectivity index (χ0) is 51.2. The number of carbonyl (C=O) groups excluding carboxylic acids is 3. The summed E-state index contributed by atoms with van der Waals surface area (Å²) in [7, 11) is -1.10. The SMILES string of the molecule is CCc1ccc2c(P(C)(C)=O)c(Nc3nc(Nc4cc(CC)c(N5CCC(N6CCN(C(=O)C7CN(c8cc(F)c(C9CCC(=O)NC9=O)c(F)c8)CC7(C)C)CC6)CC5)cc4OC)ncc3Br)ccc2n1. The predicted octanol–water partition coefficient (Wildman–Crippen LogP) is 8.73. The first-order chi connectivity index (χ1) is 34.3. The summed E-state index contributed by atoms with van der Waals surface area (Å²) in [6.07, 6.45) is 5.31. The molecule has 19 heteroatoms. The minimum absolute atomic E-state index is 0.0204. The smallest absolute Gasteiger partial charge is 0.234 e. The molecule has 0 saturated carbocycles. The minimum atomic E-state index is -2.76. The maximum atomic E-state index is 15.5. The molecular weight excluding hydrogens is 1010 g/mol. The summed E-state index contributed by atoms with van der Waals surface area (Å²) in [4.78, 5) is 61.2. The Bertz CT molecular complexity index is 2950. The molecule has 3 N–H and O–H groups in total. The van der Waals surface area contributed by atoms with E-state index in [-0.39, 0.29) is 30.2 Å². The number of aryl methyl sites for hydroxylation is 2. The summed E-state index contributed by atoms with van der Waals surface area (Å²) in [5.41, 5.74) is 5.06. The molecule has 2 unspecified atom stereocenters. The fourth-order valence-corrected chi connectivity index (χ4v) is 12.9. The van der Waals surface area contributed by atoms with Gasteiger partial charge < -0.3 is 34.6 Å². The molecule has 4 saturated heterocycles. The van der Waals surface area contributed by atoms with Gasteiger partial charge in [-0.2, -0.15) is 4.98 Å². The normalized spacial score (nSPS) is 20.0. The Morgan fingerprint density at radius 3 is 2.28 bits per heavy atom. The number of imide groups is 1. The third kappa shape index (κ3) is 10.4. The molecule has 0 spiro atoms. The highest BCUT2D eigenvalue weighted by molar-refractivity contribution is 9.10. The number of pyridine rings is 1. The lowest BCUT2D eigenvalue weighted by Crippen LogP contribution is -2.56. The first-order valence-corrected chi connectivity index (χ1v) is 28.4. The number of rotatable bonds is 13. The molecule has 4 aliphatic rings. The van der Waals surface area contributed by atoms with E-state index in [4.69, 9.17) is 14.7 Å². The summed E-state index contributed by atoms with van der Waals surface area (Å²) < 4.78 is 51.4. The topological polar surface area (TPSA) is 165 Å². The number of carbonyl (C=O) groups is 3. The van der Waals surface area contributed by atoms with Crippen molar-refractivity contribution >= 4 is 91.5 Å². The molecule has 0 bridgehead atoms. The van der Waals surface area contributed by atoms with Crippen LogP contribution in [-0.4, -0.2) is 121 Å². The van der Waals surface area contributed by atoms with Gasteiger partial charge in [-0.05, 0) is 109 Å². The average Bonchev–Trinajstić information content (AvgIpc) is 3.69. The van der Waals surface area contributed by atoms with Crippen LogP contribution in [0.3, 0.4) is 0 Å². The number of fused-ring (bicyclic) bond motifs is 1. The van der Waals surface area contributed by atoms with Crippen molar-refractivity contribution < 1.29 is 32.5 Å². The summed E-state index contributed by atoms with van der Waals surface area (Å²) in [6, 6.07) is 14.9. The number of halogens is 3. The van der Waals surface area contributed by atoms with Crippen LogP contribution in [0.2, 0.25) is 0 Å². The molecule has 2 atom stereocenters. The molecule has 15 nitrogen and oxygen atoms in total. The molecule has 4 fully saturated rings. The Labute approximate surface area is 428 Å². The Kier molecular flexibility index (Phi) is 14.7. The van der Waals surface area contributed by atoms with Crippen molar-refractivity contribution in [3.05, 3.63) is 87.7 Å². The van der Waals surface area contributed by atoms with Gasteiger partial charge in [-0.15, -0.1) is 0 Å². The number of piperidine rings is 2. The molecule has 3 aromatic carbocycles. The van der Waals surface area contributed by atoms with Gasteiger partial charge in [-0.3, -0.25) is 29.6 Å². The number of piperazine rings is 1. The summed E-state index contributed by atoms with van der Waals surface area (Å²) >= 11 is 3.62.